The number of nitrogens with one attached hydrogen (secondary N) is 1. The summed E-state index contributed by atoms with van der Waals surface area (Å²) in [6, 6.07) is 16.7. The van der Waals surface area contributed by atoms with Crippen LogP contribution in [0, 0.1) is 11.4 Å². The number of aromatic nitrogens is 1. The lowest BCUT2D eigenvalue weighted by Gasteiger charge is -2.32. The predicted octanol–water partition coefficient (Wildman–Crippen LogP) is 5.27. The number of aromatic carboxylic acids is 1. The number of carbonyl (C=O) groups is 1. The van der Waals surface area contributed by atoms with Crippen LogP contribution in [0.1, 0.15) is 33.1 Å². The van der Waals surface area contributed by atoms with Crippen molar-refractivity contribution < 1.29 is 9.90 Å². The van der Waals surface area contributed by atoms with Gasteiger partial charge in [0.25, 0.3) is 0 Å². The van der Waals surface area contributed by atoms with Crippen LogP contribution in [0.25, 0.3) is 11.3 Å². The number of hydrogen-bond acceptors (Lipinski definition) is 3. The minimum absolute atomic E-state index is 0.131. The molecule has 0 saturated carbocycles. The fourth-order valence-electron chi connectivity index (χ4n) is 4.07. The summed E-state index contributed by atoms with van der Waals surface area (Å²) in [5.41, 5.74) is 7.06. The first kappa shape index (κ1) is 18.4. The highest BCUT2D eigenvalue weighted by molar-refractivity contribution is 7.71. The van der Waals surface area contributed by atoms with Gasteiger partial charge in [-0.1, -0.05) is 42.5 Å². The number of rotatable bonds is 4. The zero-order valence-corrected chi connectivity index (χ0v) is 16.7. The Kier molecular flexibility index (Phi) is 4.77. The molecule has 142 valence electrons. The summed E-state index contributed by atoms with van der Waals surface area (Å²) in [7, 11) is 1.93. The number of carboxylic acids is 1. The van der Waals surface area contributed by atoms with Crippen molar-refractivity contribution >= 4 is 23.9 Å². The Balaban J connectivity index is 1.91. The van der Waals surface area contributed by atoms with Crippen molar-refractivity contribution in [2.75, 3.05) is 12.4 Å². The zero-order chi connectivity index (χ0) is 19.8. The summed E-state index contributed by atoms with van der Waals surface area (Å²) in [4.78, 5) is 11.7. The number of carboxylic acid groups (broad SMARTS) is 1. The molecule has 0 aliphatic carbocycles. The molecule has 0 radical (unpaired) electrons. The molecule has 1 atom stereocenters. The molecule has 3 aromatic rings. The second-order valence-electron chi connectivity index (χ2n) is 7.27. The van der Waals surface area contributed by atoms with Crippen molar-refractivity contribution in [3.8, 4) is 11.3 Å². The van der Waals surface area contributed by atoms with E-state index in [0.29, 0.717) is 4.51 Å². The first-order chi connectivity index (χ1) is 13.5. The third-order valence-corrected chi connectivity index (χ3v) is 5.81. The lowest BCUT2D eigenvalue weighted by molar-refractivity contribution is 0.0695. The fraction of sp³-hybridized carbons (Fsp3) is 0.217. The van der Waals surface area contributed by atoms with Crippen molar-refractivity contribution in [3.05, 3.63) is 81.5 Å². The van der Waals surface area contributed by atoms with E-state index in [9.17, 15) is 9.90 Å². The monoisotopic (exact) mass is 390 g/mol. The predicted molar refractivity (Wildman–Crippen MR) is 115 cm³/mol. The highest BCUT2D eigenvalue weighted by Crippen LogP contribution is 2.39. The standard InChI is InChI=1S/C23H22N2O2S/c1-14-8-18-16(11-20(14)24-2)10-17(9-15-6-4-3-5-7-15)25-13-19(23(26)27)22(28)12-21(18)25/h3-8,11-13,17,24H,9-10H2,1-2H3,(H,26,27). The SMILES string of the molecule is CNc1cc2c(cc1C)-c1cc(=S)c(C(=O)O)cn1C(Cc1ccccc1)C2. The van der Waals surface area contributed by atoms with E-state index < -0.39 is 5.97 Å². The molecule has 28 heavy (non-hydrogen) atoms. The van der Waals surface area contributed by atoms with Crippen LogP contribution in [0.3, 0.4) is 0 Å². The third kappa shape index (κ3) is 3.22. The van der Waals surface area contributed by atoms with Gasteiger partial charge in [-0.05, 0) is 54.7 Å². The number of pyridine rings is 1. The van der Waals surface area contributed by atoms with E-state index >= 15 is 0 Å². The number of hydrogen-bond donors (Lipinski definition) is 2. The van der Waals surface area contributed by atoms with Gasteiger partial charge in [-0.3, -0.25) is 0 Å². The first-order valence-corrected chi connectivity index (χ1v) is 9.74. The molecule has 1 aromatic heterocycles. The number of aryl methyl sites for hydroxylation is 1. The molecule has 1 aliphatic rings. The van der Waals surface area contributed by atoms with Crippen molar-refractivity contribution in [1.29, 1.82) is 0 Å². The molecule has 1 unspecified atom stereocenters. The van der Waals surface area contributed by atoms with Crippen molar-refractivity contribution in [2.24, 2.45) is 0 Å². The molecule has 2 aromatic carbocycles. The first-order valence-electron chi connectivity index (χ1n) is 9.33. The van der Waals surface area contributed by atoms with Gasteiger partial charge in [0.05, 0.1) is 10.1 Å². The summed E-state index contributed by atoms with van der Waals surface area (Å²) in [5.74, 6) is -0.980. The molecule has 0 saturated heterocycles. The smallest absolute Gasteiger partial charge is 0.338 e. The van der Waals surface area contributed by atoms with Gasteiger partial charge in [-0.25, -0.2) is 4.79 Å². The van der Waals surface area contributed by atoms with Crippen LogP contribution in [0.15, 0.2) is 54.7 Å². The highest BCUT2D eigenvalue weighted by atomic mass is 32.1. The molecule has 4 rings (SSSR count). The van der Waals surface area contributed by atoms with Gasteiger partial charge in [0.15, 0.2) is 0 Å². The number of fused-ring (bicyclic) bond motifs is 3. The second kappa shape index (κ2) is 7.24. The maximum Gasteiger partial charge on any atom is 0.338 e. The molecule has 4 nitrogen and oxygen atoms in total. The van der Waals surface area contributed by atoms with Crippen LogP contribution in [0.5, 0.6) is 0 Å². The van der Waals surface area contributed by atoms with E-state index in [1.165, 1.54) is 11.1 Å². The lowest BCUT2D eigenvalue weighted by atomic mass is 9.88. The van der Waals surface area contributed by atoms with Gasteiger partial charge < -0.3 is 15.0 Å². The summed E-state index contributed by atoms with van der Waals surface area (Å²) < 4.78 is 2.48. The Morgan fingerprint density at radius 3 is 2.68 bits per heavy atom. The Bertz CT molecular complexity index is 1120. The molecule has 0 bridgehead atoms. The molecule has 1 aliphatic heterocycles. The lowest BCUT2D eigenvalue weighted by Crippen LogP contribution is -2.23. The molecule has 5 heteroatoms. The normalized spacial score (nSPS) is 14.9. The number of anilines is 1. The van der Waals surface area contributed by atoms with Gasteiger partial charge in [0.2, 0.25) is 0 Å². The van der Waals surface area contributed by atoms with E-state index in [4.69, 9.17) is 12.2 Å². The van der Waals surface area contributed by atoms with E-state index in [1.807, 2.05) is 31.3 Å². The van der Waals surface area contributed by atoms with E-state index in [1.54, 1.807) is 6.20 Å². The molecular formula is C23H22N2O2S. The molecule has 2 heterocycles. The van der Waals surface area contributed by atoms with Crippen LogP contribution >= 0.6 is 12.2 Å². The molecule has 0 fully saturated rings. The Morgan fingerprint density at radius 1 is 1.25 bits per heavy atom. The Hall–Kier alpha value is -2.92. The van der Waals surface area contributed by atoms with Gasteiger partial charge in [-0.2, -0.15) is 0 Å². The summed E-state index contributed by atoms with van der Waals surface area (Å²) >= 11 is 5.39. The van der Waals surface area contributed by atoms with Crippen LogP contribution < -0.4 is 5.32 Å². The van der Waals surface area contributed by atoms with Crippen molar-refractivity contribution in [2.45, 2.75) is 25.8 Å². The van der Waals surface area contributed by atoms with E-state index in [2.05, 4.69) is 41.1 Å². The topological polar surface area (TPSA) is 54.3 Å². The van der Waals surface area contributed by atoms with Crippen LogP contribution in [-0.2, 0) is 12.8 Å². The largest absolute Gasteiger partial charge is 0.478 e. The van der Waals surface area contributed by atoms with Crippen molar-refractivity contribution in [1.82, 2.24) is 4.57 Å². The van der Waals surface area contributed by atoms with Gasteiger partial charge >= 0.3 is 5.97 Å². The summed E-state index contributed by atoms with van der Waals surface area (Å²) in [5, 5.41) is 12.8. The van der Waals surface area contributed by atoms with E-state index in [0.717, 1.165) is 35.3 Å². The third-order valence-electron chi connectivity index (χ3n) is 5.47. The highest BCUT2D eigenvalue weighted by Gasteiger charge is 2.26. The summed E-state index contributed by atoms with van der Waals surface area (Å²) in [6.07, 6.45) is 3.39. The molecule has 2 N–H and O–H groups in total. The van der Waals surface area contributed by atoms with Crippen LogP contribution in [-0.4, -0.2) is 22.7 Å². The molecule has 0 spiro atoms. The van der Waals surface area contributed by atoms with Gasteiger partial charge in [-0.15, -0.1) is 0 Å². The molecule has 0 amide bonds. The average Bonchev–Trinajstić information content (AvgIpc) is 2.68. The maximum atomic E-state index is 11.7. The Morgan fingerprint density at radius 2 is 2.00 bits per heavy atom. The van der Waals surface area contributed by atoms with E-state index in [-0.39, 0.29) is 11.6 Å². The minimum Gasteiger partial charge on any atom is -0.478 e. The van der Waals surface area contributed by atoms with Gasteiger partial charge in [0.1, 0.15) is 0 Å². The maximum absolute atomic E-state index is 11.7. The number of nitrogens with zero attached hydrogens (tertiary/aromatic N) is 1. The quantitative estimate of drug-likeness (QED) is 0.596. The van der Waals surface area contributed by atoms with Crippen LogP contribution in [0.4, 0.5) is 5.69 Å². The van der Waals surface area contributed by atoms with Gasteiger partial charge in [0, 0.05) is 36.2 Å². The summed E-state index contributed by atoms with van der Waals surface area (Å²) in [6.45, 7) is 2.08. The number of benzene rings is 2. The molecular weight excluding hydrogens is 368 g/mol. The second-order valence-corrected chi connectivity index (χ2v) is 7.71. The Labute approximate surface area is 169 Å². The average molecular weight is 391 g/mol. The van der Waals surface area contributed by atoms with Crippen LogP contribution in [0.2, 0.25) is 0 Å². The fourth-order valence-corrected chi connectivity index (χ4v) is 4.32. The van der Waals surface area contributed by atoms with Crippen molar-refractivity contribution in [3.63, 3.8) is 0 Å². The zero-order valence-electron chi connectivity index (χ0n) is 15.9. The minimum atomic E-state index is -0.980.